The van der Waals surface area contributed by atoms with Gasteiger partial charge in [-0.15, -0.1) is 11.8 Å². The summed E-state index contributed by atoms with van der Waals surface area (Å²) in [5, 5.41) is 0. The highest BCUT2D eigenvalue weighted by Gasteiger charge is 2.02. The molecule has 0 saturated heterocycles. The summed E-state index contributed by atoms with van der Waals surface area (Å²) < 4.78 is 0.895. The lowest BCUT2D eigenvalue weighted by atomic mass is 10.2. The Morgan fingerprint density at radius 1 is 1.41 bits per heavy atom. The predicted octanol–water partition coefficient (Wildman–Crippen LogP) is 3.26. The van der Waals surface area contributed by atoms with Gasteiger partial charge >= 0.3 is 0 Å². The summed E-state index contributed by atoms with van der Waals surface area (Å²) in [7, 11) is 0. The number of halogens is 1. The fraction of sp³-hybridized carbons (Fsp3) is 0.167. The Morgan fingerprint density at radius 3 is 2.94 bits per heavy atom. The monoisotopic (exact) mass is 357 g/mol. The topological polar surface area (TPSA) is 51.8 Å². The molecule has 0 spiro atoms. The molecule has 0 atom stereocenters. The van der Waals surface area contributed by atoms with Crippen LogP contribution in [0, 0.1) is 10.5 Å². The summed E-state index contributed by atoms with van der Waals surface area (Å²) in [4.78, 5) is 9.73. The lowest BCUT2D eigenvalue weighted by molar-refractivity contribution is 1.03. The first-order chi connectivity index (χ1) is 8.15. The van der Waals surface area contributed by atoms with Crippen molar-refractivity contribution in [3.63, 3.8) is 0 Å². The molecule has 0 aliphatic carbocycles. The number of nitrogens with two attached hydrogens (primary N) is 1. The Hall–Kier alpha value is -0.820. The number of benzene rings is 1. The van der Waals surface area contributed by atoms with Crippen molar-refractivity contribution in [2.24, 2.45) is 0 Å². The molecule has 88 valence electrons. The zero-order valence-corrected chi connectivity index (χ0v) is 12.3. The van der Waals surface area contributed by atoms with Crippen LogP contribution in [-0.4, -0.2) is 9.97 Å². The van der Waals surface area contributed by atoms with Crippen molar-refractivity contribution in [1.82, 2.24) is 9.97 Å². The van der Waals surface area contributed by atoms with E-state index < -0.39 is 0 Å². The molecule has 0 radical (unpaired) electrons. The molecular formula is C12H12IN3S. The fourth-order valence-electron chi connectivity index (χ4n) is 1.34. The van der Waals surface area contributed by atoms with Crippen LogP contribution in [0.3, 0.4) is 0 Å². The molecule has 5 heteroatoms. The molecule has 0 unspecified atom stereocenters. The summed E-state index contributed by atoms with van der Waals surface area (Å²) in [6.45, 7) is 2.09. The van der Waals surface area contributed by atoms with Crippen molar-refractivity contribution in [3.05, 3.63) is 45.4 Å². The van der Waals surface area contributed by atoms with Crippen molar-refractivity contribution in [2.45, 2.75) is 17.6 Å². The van der Waals surface area contributed by atoms with E-state index in [-0.39, 0.29) is 0 Å². The number of thioether (sulfide) groups is 1. The fourth-order valence-corrected chi connectivity index (χ4v) is 2.48. The SMILES string of the molecule is Cc1cccc(SCc2ncc(I)c(N)n2)c1. The van der Waals surface area contributed by atoms with Crippen molar-refractivity contribution >= 4 is 40.2 Å². The molecule has 2 rings (SSSR count). The third kappa shape index (κ3) is 3.57. The Balaban J connectivity index is 2.05. The molecule has 1 heterocycles. The first-order valence-corrected chi connectivity index (χ1v) is 7.18. The lowest BCUT2D eigenvalue weighted by Crippen LogP contribution is -2.00. The Kier molecular flexibility index (Phi) is 4.22. The number of hydrogen-bond donors (Lipinski definition) is 1. The summed E-state index contributed by atoms with van der Waals surface area (Å²) in [5.41, 5.74) is 7.01. The maximum Gasteiger partial charge on any atom is 0.140 e. The minimum absolute atomic E-state index is 0.556. The van der Waals surface area contributed by atoms with Crippen LogP contribution in [0.25, 0.3) is 0 Å². The molecule has 0 fully saturated rings. The third-order valence-electron chi connectivity index (χ3n) is 2.18. The molecule has 17 heavy (non-hydrogen) atoms. The van der Waals surface area contributed by atoms with Crippen LogP contribution in [0.1, 0.15) is 11.4 Å². The van der Waals surface area contributed by atoms with E-state index in [0.717, 1.165) is 15.1 Å². The highest BCUT2D eigenvalue weighted by atomic mass is 127. The van der Waals surface area contributed by atoms with Gasteiger partial charge in [-0.2, -0.15) is 0 Å². The third-order valence-corrected chi connectivity index (χ3v) is 4.00. The van der Waals surface area contributed by atoms with Crippen molar-refractivity contribution in [2.75, 3.05) is 5.73 Å². The van der Waals surface area contributed by atoms with E-state index in [1.54, 1.807) is 18.0 Å². The Morgan fingerprint density at radius 2 is 2.24 bits per heavy atom. The summed E-state index contributed by atoms with van der Waals surface area (Å²) in [6.07, 6.45) is 1.76. The van der Waals surface area contributed by atoms with Crippen molar-refractivity contribution < 1.29 is 0 Å². The molecule has 0 aliphatic heterocycles. The van der Waals surface area contributed by atoms with Gasteiger partial charge in [-0.1, -0.05) is 17.7 Å². The first kappa shape index (κ1) is 12.6. The van der Waals surface area contributed by atoms with Crippen LogP contribution < -0.4 is 5.73 Å². The highest BCUT2D eigenvalue weighted by Crippen LogP contribution is 2.22. The van der Waals surface area contributed by atoms with E-state index in [4.69, 9.17) is 5.73 Å². The van der Waals surface area contributed by atoms with Crippen LogP contribution in [-0.2, 0) is 5.75 Å². The molecule has 0 aliphatic rings. The summed E-state index contributed by atoms with van der Waals surface area (Å²) >= 11 is 3.85. The van der Waals surface area contributed by atoms with E-state index in [1.165, 1.54) is 10.5 Å². The molecule has 0 saturated carbocycles. The normalized spacial score (nSPS) is 10.5. The molecule has 1 aromatic carbocycles. The van der Waals surface area contributed by atoms with Gasteiger partial charge in [0.2, 0.25) is 0 Å². The molecule has 0 bridgehead atoms. The van der Waals surface area contributed by atoms with Crippen molar-refractivity contribution in [1.29, 1.82) is 0 Å². The van der Waals surface area contributed by atoms with Crippen LogP contribution in [0.2, 0.25) is 0 Å². The van der Waals surface area contributed by atoms with Gasteiger partial charge in [0, 0.05) is 11.1 Å². The lowest BCUT2D eigenvalue weighted by Gasteiger charge is -2.03. The number of nitrogen functional groups attached to an aromatic ring is 1. The standard InChI is InChI=1S/C12H12IN3S/c1-8-3-2-4-9(5-8)17-7-11-15-6-10(13)12(14)16-11/h2-6H,7H2,1H3,(H2,14,15,16). The van der Waals surface area contributed by atoms with Gasteiger partial charge in [0.15, 0.2) is 0 Å². The number of aromatic nitrogens is 2. The largest absolute Gasteiger partial charge is 0.383 e. The smallest absolute Gasteiger partial charge is 0.140 e. The first-order valence-electron chi connectivity index (χ1n) is 5.11. The zero-order chi connectivity index (χ0) is 12.3. The van der Waals surface area contributed by atoms with Crippen LogP contribution in [0.5, 0.6) is 0 Å². The predicted molar refractivity (Wildman–Crippen MR) is 79.9 cm³/mol. The summed E-state index contributed by atoms with van der Waals surface area (Å²) in [6, 6.07) is 8.39. The van der Waals surface area contributed by atoms with Crippen LogP contribution >= 0.6 is 34.4 Å². The Labute approximate surface area is 118 Å². The second kappa shape index (κ2) is 5.68. The van der Waals surface area contributed by atoms with E-state index in [9.17, 15) is 0 Å². The summed E-state index contributed by atoms with van der Waals surface area (Å²) in [5.74, 6) is 2.07. The number of anilines is 1. The van der Waals surface area contributed by atoms with Gasteiger partial charge in [0.25, 0.3) is 0 Å². The average Bonchev–Trinajstić information content (AvgIpc) is 2.31. The maximum atomic E-state index is 5.75. The van der Waals surface area contributed by atoms with E-state index in [0.29, 0.717) is 5.82 Å². The zero-order valence-electron chi connectivity index (χ0n) is 9.35. The quantitative estimate of drug-likeness (QED) is 0.677. The molecule has 2 aromatic rings. The average molecular weight is 357 g/mol. The van der Waals surface area contributed by atoms with Gasteiger partial charge < -0.3 is 5.73 Å². The Bertz CT molecular complexity index is 531. The van der Waals surface area contributed by atoms with E-state index >= 15 is 0 Å². The van der Waals surface area contributed by atoms with E-state index in [1.807, 2.05) is 0 Å². The number of aryl methyl sites for hydroxylation is 1. The van der Waals surface area contributed by atoms with E-state index in [2.05, 4.69) is 63.7 Å². The van der Waals surface area contributed by atoms with Gasteiger partial charge in [-0.25, -0.2) is 9.97 Å². The van der Waals surface area contributed by atoms with Crippen LogP contribution in [0.15, 0.2) is 35.4 Å². The van der Waals surface area contributed by atoms with Gasteiger partial charge in [-0.05, 0) is 41.6 Å². The molecule has 1 aromatic heterocycles. The molecule has 2 N–H and O–H groups in total. The molecule has 0 amide bonds. The van der Waals surface area contributed by atoms with Crippen LogP contribution in [0.4, 0.5) is 5.82 Å². The second-order valence-corrected chi connectivity index (χ2v) is 5.84. The minimum atomic E-state index is 0.556. The highest BCUT2D eigenvalue weighted by molar-refractivity contribution is 14.1. The van der Waals surface area contributed by atoms with Crippen molar-refractivity contribution in [3.8, 4) is 0 Å². The van der Waals surface area contributed by atoms with Gasteiger partial charge in [-0.3, -0.25) is 0 Å². The van der Waals surface area contributed by atoms with Gasteiger partial charge in [0.05, 0.1) is 9.32 Å². The number of rotatable bonds is 3. The van der Waals surface area contributed by atoms with Gasteiger partial charge in [0.1, 0.15) is 11.6 Å². The maximum absolute atomic E-state index is 5.75. The number of hydrogen-bond acceptors (Lipinski definition) is 4. The second-order valence-electron chi connectivity index (χ2n) is 3.62. The molecular weight excluding hydrogens is 345 g/mol. The number of nitrogens with zero attached hydrogens (tertiary/aromatic N) is 2. The molecule has 3 nitrogen and oxygen atoms in total. The minimum Gasteiger partial charge on any atom is -0.383 e.